The van der Waals surface area contributed by atoms with Crippen molar-refractivity contribution < 1.29 is 4.42 Å². The molecule has 8 aromatic rings. The van der Waals surface area contributed by atoms with E-state index >= 15 is 0 Å². The van der Waals surface area contributed by atoms with Crippen LogP contribution in [-0.2, 0) is 5.41 Å². The van der Waals surface area contributed by atoms with Gasteiger partial charge in [0.25, 0.3) is 0 Å². The molecule has 0 unspecified atom stereocenters. The fourth-order valence-electron chi connectivity index (χ4n) is 7.06. The molecule has 0 radical (unpaired) electrons. The van der Waals surface area contributed by atoms with Crippen molar-refractivity contribution in [2.45, 2.75) is 19.3 Å². The normalized spacial score (nSPS) is 13.2. The highest BCUT2D eigenvalue weighted by Gasteiger charge is 2.37. The quantitative estimate of drug-likeness (QED) is 0.204. The van der Waals surface area contributed by atoms with E-state index in [-0.39, 0.29) is 5.41 Å². The van der Waals surface area contributed by atoms with Gasteiger partial charge in [-0.2, -0.15) is 0 Å². The summed E-state index contributed by atoms with van der Waals surface area (Å²) in [5.74, 6) is 1.96. The molecule has 2 aromatic heterocycles. The molecule has 4 nitrogen and oxygen atoms in total. The Morgan fingerprint density at radius 2 is 1.00 bits per heavy atom. The first-order valence-corrected chi connectivity index (χ1v) is 15.6. The molecular formula is C42H29N3O. The Kier molecular flexibility index (Phi) is 5.81. The largest absolute Gasteiger partial charge is 0.455 e. The number of fused-ring (bicyclic) bond motifs is 6. The van der Waals surface area contributed by atoms with Gasteiger partial charge in [0.1, 0.15) is 11.2 Å². The molecular weight excluding hydrogens is 562 g/mol. The molecule has 1 aliphatic carbocycles. The monoisotopic (exact) mass is 591 g/mol. The maximum absolute atomic E-state index is 6.33. The second kappa shape index (κ2) is 10.1. The molecule has 0 fully saturated rings. The van der Waals surface area contributed by atoms with Crippen molar-refractivity contribution in [1.82, 2.24) is 15.0 Å². The Labute approximate surface area is 267 Å². The average Bonchev–Trinajstić information content (AvgIpc) is 3.61. The molecule has 218 valence electrons. The highest BCUT2D eigenvalue weighted by molar-refractivity contribution is 6.09. The first kappa shape index (κ1) is 26.5. The van der Waals surface area contributed by atoms with E-state index in [1.165, 1.54) is 22.3 Å². The van der Waals surface area contributed by atoms with E-state index in [1.54, 1.807) is 0 Å². The second-order valence-electron chi connectivity index (χ2n) is 12.4. The number of hydrogen-bond acceptors (Lipinski definition) is 4. The summed E-state index contributed by atoms with van der Waals surface area (Å²) in [6.45, 7) is 4.59. The molecule has 0 saturated carbocycles. The van der Waals surface area contributed by atoms with Crippen LogP contribution in [0, 0.1) is 0 Å². The van der Waals surface area contributed by atoms with Gasteiger partial charge in [-0.25, -0.2) is 15.0 Å². The van der Waals surface area contributed by atoms with Crippen LogP contribution in [0.15, 0.2) is 144 Å². The average molecular weight is 592 g/mol. The fraction of sp³-hybridized carbons (Fsp3) is 0.0714. The lowest BCUT2D eigenvalue weighted by Gasteiger charge is -2.21. The van der Waals surface area contributed by atoms with Crippen molar-refractivity contribution in [1.29, 1.82) is 0 Å². The van der Waals surface area contributed by atoms with Crippen molar-refractivity contribution in [3.63, 3.8) is 0 Å². The Hall–Kier alpha value is -5.87. The Balaban J connectivity index is 1.20. The van der Waals surface area contributed by atoms with Crippen molar-refractivity contribution in [3.05, 3.63) is 151 Å². The zero-order chi connectivity index (χ0) is 30.8. The van der Waals surface area contributed by atoms with Gasteiger partial charge in [-0.1, -0.05) is 147 Å². The third-order valence-electron chi connectivity index (χ3n) is 9.37. The van der Waals surface area contributed by atoms with E-state index in [4.69, 9.17) is 19.4 Å². The molecule has 1 aliphatic rings. The molecule has 0 atom stereocenters. The summed E-state index contributed by atoms with van der Waals surface area (Å²) in [7, 11) is 0. The summed E-state index contributed by atoms with van der Waals surface area (Å²) in [5, 5.41) is 2.24. The van der Waals surface area contributed by atoms with Gasteiger partial charge in [0.05, 0.1) is 0 Å². The van der Waals surface area contributed by atoms with Crippen LogP contribution in [-0.4, -0.2) is 15.0 Å². The third-order valence-corrected chi connectivity index (χ3v) is 9.37. The van der Waals surface area contributed by atoms with Gasteiger partial charge >= 0.3 is 0 Å². The number of aromatic nitrogens is 3. The van der Waals surface area contributed by atoms with Crippen LogP contribution in [0.25, 0.3) is 78.4 Å². The van der Waals surface area contributed by atoms with Crippen molar-refractivity contribution in [3.8, 4) is 56.4 Å². The van der Waals surface area contributed by atoms with Crippen LogP contribution in [0.3, 0.4) is 0 Å². The molecule has 0 aliphatic heterocycles. The Morgan fingerprint density at radius 1 is 0.435 bits per heavy atom. The van der Waals surface area contributed by atoms with Gasteiger partial charge in [0.2, 0.25) is 0 Å². The second-order valence-corrected chi connectivity index (χ2v) is 12.4. The van der Waals surface area contributed by atoms with Crippen molar-refractivity contribution >= 4 is 21.9 Å². The predicted octanol–water partition coefficient (Wildman–Crippen LogP) is 10.7. The number of nitrogens with zero attached hydrogens (tertiary/aromatic N) is 3. The van der Waals surface area contributed by atoms with Crippen LogP contribution in [0.5, 0.6) is 0 Å². The summed E-state index contributed by atoms with van der Waals surface area (Å²) >= 11 is 0. The molecule has 0 N–H and O–H groups in total. The van der Waals surface area contributed by atoms with Gasteiger partial charge in [0.15, 0.2) is 17.5 Å². The lowest BCUT2D eigenvalue weighted by atomic mass is 9.82. The first-order chi connectivity index (χ1) is 22.6. The summed E-state index contributed by atoms with van der Waals surface area (Å²) in [6.07, 6.45) is 0. The highest BCUT2D eigenvalue weighted by atomic mass is 16.3. The smallest absolute Gasteiger partial charge is 0.164 e. The predicted molar refractivity (Wildman–Crippen MR) is 186 cm³/mol. The molecule has 6 aromatic carbocycles. The fourth-order valence-corrected chi connectivity index (χ4v) is 7.06. The minimum absolute atomic E-state index is 0.113. The topological polar surface area (TPSA) is 51.8 Å². The molecule has 9 rings (SSSR count). The minimum atomic E-state index is -0.113. The highest BCUT2D eigenvalue weighted by Crippen LogP contribution is 2.51. The molecule has 2 heterocycles. The zero-order valence-corrected chi connectivity index (χ0v) is 25.5. The van der Waals surface area contributed by atoms with Crippen LogP contribution in [0.1, 0.15) is 25.0 Å². The van der Waals surface area contributed by atoms with E-state index in [1.807, 2.05) is 42.5 Å². The van der Waals surface area contributed by atoms with Crippen molar-refractivity contribution in [2.75, 3.05) is 0 Å². The number of para-hydroxylation sites is 2. The summed E-state index contributed by atoms with van der Waals surface area (Å²) < 4.78 is 6.33. The van der Waals surface area contributed by atoms with Gasteiger partial charge < -0.3 is 4.42 Å². The Bertz CT molecular complexity index is 2440. The summed E-state index contributed by atoms with van der Waals surface area (Å²) in [5.41, 5.74) is 11.8. The molecule has 4 heteroatoms. The number of benzene rings is 6. The van der Waals surface area contributed by atoms with E-state index < -0.39 is 0 Å². The first-order valence-electron chi connectivity index (χ1n) is 15.6. The molecule has 46 heavy (non-hydrogen) atoms. The lowest BCUT2D eigenvalue weighted by Crippen LogP contribution is -2.14. The van der Waals surface area contributed by atoms with E-state index in [0.29, 0.717) is 17.5 Å². The number of furan rings is 1. The van der Waals surface area contributed by atoms with Crippen LogP contribution >= 0.6 is 0 Å². The van der Waals surface area contributed by atoms with Crippen LogP contribution < -0.4 is 0 Å². The van der Waals surface area contributed by atoms with E-state index in [0.717, 1.165) is 49.8 Å². The van der Waals surface area contributed by atoms with Gasteiger partial charge in [-0.15, -0.1) is 0 Å². The lowest BCUT2D eigenvalue weighted by molar-refractivity contribution is 0.660. The number of hydrogen-bond donors (Lipinski definition) is 0. The molecule has 0 saturated heterocycles. The van der Waals surface area contributed by atoms with Gasteiger partial charge in [-0.3, -0.25) is 0 Å². The summed E-state index contributed by atoms with van der Waals surface area (Å²) in [6, 6.07) is 48.3. The molecule has 0 amide bonds. The standard InChI is InChI=1S/C42H29N3O/c1-42(2)34-19-8-6-15-32(34)37-33(18-11-20-35(37)42)41-44-39(27-12-4-3-5-13-27)43-40(45-41)28-24-22-26(23-25-28)29-16-10-17-31-30-14-7-9-21-36(30)46-38(29)31/h3-25H,1-2H3. The molecule has 0 spiro atoms. The van der Waals surface area contributed by atoms with E-state index in [9.17, 15) is 0 Å². The van der Waals surface area contributed by atoms with E-state index in [2.05, 4.69) is 111 Å². The SMILES string of the molecule is CC1(C)c2ccccc2-c2c(-c3nc(-c4ccccc4)nc(-c4ccc(-c5cccc6c5oc5ccccc56)cc4)n3)cccc21. The van der Waals surface area contributed by atoms with Crippen LogP contribution in [0.4, 0.5) is 0 Å². The van der Waals surface area contributed by atoms with Gasteiger partial charge in [-0.05, 0) is 33.9 Å². The number of rotatable bonds is 4. The Morgan fingerprint density at radius 3 is 1.83 bits per heavy atom. The maximum atomic E-state index is 6.33. The zero-order valence-electron chi connectivity index (χ0n) is 25.5. The molecule has 0 bridgehead atoms. The maximum Gasteiger partial charge on any atom is 0.164 e. The van der Waals surface area contributed by atoms with Crippen LogP contribution in [0.2, 0.25) is 0 Å². The van der Waals surface area contributed by atoms with Gasteiger partial charge in [0, 0.05) is 38.4 Å². The third kappa shape index (κ3) is 4.04. The minimum Gasteiger partial charge on any atom is -0.455 e. The summed E-state index contributed by atoms with van der Waals surface area (Å²) in [4.78, 5) is 15.2. The van der Waals surface area contributed by atoms with Crippen molar-refractivity contribution in [2.24, 2.45) is 0 Å².